The highest BCUT2D eigenvalue weighted by atomic mass is 32.3. The van der Waals surface area contributed by atoms with Crippen LogP contribution in [0.25, 0.3) is 0 Å². The van der Waals surface area contributed by atoms with Gasteiger partial charge >= 0.3 is 22.4 Å². The Bertz CT molecular complexity index is 1930. The second kappa shape index (κ2) is 27.1. The molecule has 18 atom stereocenters. The van der Waals surface area contributed by atoms with Gasteiger partial charge in [0, 0.05) is 50.8 Å². The first-order chi connectivity index (χ1) is 33.6. The van der Waals surface area contributed by atoms with Gasteiger partial charge in [0.2, 0.25) is 23.6 Å². The molecule has 5 heterocycles. The van der Waals surface area contributed by atoms with Crippen molar-refractivity contribution in [3.05, 3.63) is 0 Å². The van der Waals surface area contributed by atoms with E-state index in [9.17, 15) is 77.5 Å². The normalized spacial score (nSPS) is 35.9. The molecule has 0 saturated carbocycles. The number of carbonyl (C=O) groups excluding carboxylic acids is 5. The zero-order valence-electron chi connectivity index (χ0n) is 38.8. The number of urea groups is 1. The molecule has 0 aromatic heterocycles. The van der Waals surface area contributed by atoms with Crippen LogP contribution in [0.4, 0.5) is 4.79 Å². The van der Waals surface area contributed by atoms with Gasteiger partial charge in [-0.1, -0.05) is 12.8 Å². The lowest BCUT2D eigenvalue weighted by atomic mass is 9.94. The number of nitrogens with one attached hydrogen (secondary N) is 6. The van der Waals surface area contributed by atoms with Crippen molar-refractivity contribution in [1.82, 2.24) is 31.9 Å². The molecule has 5 aliphatic rings. The minimum absolute atomic E-state index is 0.0674. The molecule has 6 amide bonds. The van der Waals surface area contributed by atoms with Crippen molar-refractivity contribution in [2.45, 2.75) is 175 Å². The molecule has 31 heteroatoms. The van der Waals surface area contributed by atoms with E-state index in [0.717, 1.165) is 38.9 Å². The lowest BCUT2D eigenvalue weighted by molar-refractivity contribution is -0.360. The highest BCUT2D eigenvalue weighted by molar-refractivity contribution is 8.00. The first-order valence-electron chi connectivity index (χ1n) is 23.1. The van der Waals surface area contributed by atoms with Crippen LogP contribution >= 0.6 is 11.8 Å². The molecule has 406 valence electrons. The second-order valence-electron chi connectivity index (χ2n) is 17.6. The van der Waals surface area contributed by atoms with Gasteiger partial charge in [0.1, 0.15) is 67.0 Å². The number of carboxylic acids is 1. The van der Waals surface area contributed by atoms with Crippen LogP contribution in [0.2, 0.25) is 0 Å². The summed E-state index contributed by atoms with van der Waals surface area (Å²) < 4.78 is 70.6. The Morgan fingerprint density at radius 3 is 2.01 bits per heavy atom. The van der Waals surface area contributed by atoms with Gasteiger partial charge in [-0.2, -0.15) is 20.2 Å². The standard InChI is InChI=1S/C40H66N6O23S2/c1-17(48)43-26-30(54)28(52)20(14-47)65-38(26)68-34-31(55)32(56)39(69-35(34)36(57)58)67-33-27(44-18(2)49)37(66-21(29(33)53)15-64-71(60,61)62)63-13-12-42-24(51)9-4-3-7-11-41-23(50)10-6-5-8-22-25-19(16-70-22)45-40(59)46-25/h19-22,25-35,37-39,47,52-56H,3-16H2,1-2H3,(H,41,50)(H,42,51)(H,43,48)(H,44,49)(H,57,58)(H2,45,46,59)(H,60,61,62)/t19-,20+,21+,22-,25-,26+,27+,28-,29-,30+,31+,32+,33+,34-,35-,37+,38-,39+/m0/s1. The van der Waals surface area contributed by atoms with Gasteiger partial charge in [0.25, 0.3) is 0 Å². The number of aliphatic carboxylic acids is 1. The Morgan fingerprint density at radius 2 is 1.37 bits per heavy atom. The van der Waals surface area contributed by atoms with Gasteiger partial charge in [-0.15, -0.1) is 0 Å². The minimum atomic E-state index is -5.15. The summed E-state index contributed by atoms with van der Waals surface area (Å²) in [5.74, 6) is -2.94. The molecule has 0 aliphatic carbocycles. The van der Waals surface area contributed by atoms with Crippen molar-refractivity contribution in [1.29, 1.82) is 0 Å². The zero-order valence-corrected chi connectivity index (χ0v) is 40.4. The lowest BCUT2D eigenvalue weighted by Gasteiger charge is -2.48. The third-order valence-corrected chi connectivity index (χ3v) is 14.2. The third kappa shape index (κ3) is 16.7. The molecule has 71 heavy (non-hydrogen) atoms. The summed E-state index contributed by atoms with van der Waals surface area (Å²) in [4.78, 5) is 73.5. The fourth-order valence-corrected chi connectivity index (χ4v) is 10.6. The Kier molecular flexibility index (Phi) is 22.2. The zero-order chi connectivity index (χ0) is 52.2. The van der Waals surface area contributed by atoms with Crippen molar-refractivity contribution in [2.75, 3.05) is 38.7 Å². The smallest absolute Gasteiger partial charge is 0.397 e. The number of thioether (sulfide) groups is 1. The predicted octanol–water partition coefficient (Wildman–Crippen LogP) is -5.82. The summed E-state index contributed by atoms with van der Waals surface area (Å²) in [7, 11) is -5.15. The van der Waals surface area contributed by atoms with Crippen LogP contribution in [-0.2, 0) is 67.0 Å². The summed E-state index contributed by atoms with van der Waals surface area (Å²) in [6.45, 7) is 0.0565. The number of rotatable bonds is 26. The van der Waals surface area contributed by atoms with E-state index in [4.69, 9.17) is 28.4 Å². The van der Waals surface area contributed by atoms with Crippen molar-refractivity contribution in [2.24, 2.45) is 0 Å². The highest BCUT2D eigenvalue weighted by Gasteiger charge is 2.56. The van der Waals surface area contributed by atoms with Gasteiger partial charge in [-0.25, -0.2) is 13.8 Å². The quantitative estimate of drug-likeness (QED) is 0.0218. The molecule has 5 saturated heterocycles. The molecular weight excluding hydrogens is 997 g/mol. The van der Waals surface area contributed by atoms with E-state index in [1.807, 2.05) is 11.8 Å². The van der Waals surface area contributed by atoms with Gasteiger partial charge in [-0.05, 0) is 25.7 Å². The van der Waals surface area contributed by atoms with Crippen LogP contribution in [0, 0.1) is 0 Å². The Hall–Kier alpha value is -3.64. The van der Waals surface area contributed by atoms with E-state index in [-0.39, 0.29) is 49.5 Å². The number of hydrogen-bond acceptors (Lipinski definition) is 22. The molecule has 14 N–H and O–H groups in total. The Labute approximate surface area is 412 Å². The average molecular weight is 1060 g/mol. The van der Waals surface area contributed by atoms with Crippen LogP contribution in [0.3, 0.4) is 0 Å². The van der Waals surface area contributed by atoms with Crippen molar-refractivity contribution in [3.63, 3.8) is 0 Å². The van der Waals surface area contributed by atoms with Gasteiger partial charge in [-0.3, -0.25) is 23.7 Å². The Morgan fingerprint density at radius 1 is 0.732 bits per heavy atom. The highest BCUT2D eigenvalue weighted by Crippen LogP contribution is 2.35. The maximum Gasteiger partial charge on any atom is 0.397 e. The fourth-order valence-electron chi connectivity index (χ4n) is 8.73. The number of fused-ring (bicyclic) bond motifs is 1. The van der Waals surface area contributed by atoms with Crippen LogP contribution in [0.5, 0.6) is 0 Å². The topological polar surface area (TPSA) is 435 Å². The van der Waals surface area contributed by atoms with Gasteiger partial charge in [0.05, 0.1) is 31.9 Å². The molecule has 0 radical (unpaired) electrons. The summed E-state index contributed by atoms with van der Waals surface area (Å²) in [6, 6.07) is -3.07. The number of hydrogen-bond donors (Lipinski definition) is 14. The van der Waals surface area contributed by atoms with Crippen molar-refractivity contribution < 1.29 is 110 Å². The van der Waals surface area contributed by atoms with Gasteiger partial charge < -0.3 is 96.1 Å². The molecule has 0 aromatic carbocycles. The Balaban J connectivity index is 1.12. The molecule has 5 fully saturated rings. The lowest BCUT2D eigenvalue weighted by Crippen LogP contribution is -2.70. The van der Waals surface area contributed by atoms with E-state index in [1.165, 1.54) is 0 Å². The summed E-state index contributed by atoms with van der Waals surface area (Å²) in [5.41, 5.74) is 0. The van der Waals surface area contributed by atoms with Crippen LogP contribution in [0.15, 0.2) is 0 Å². The number of aliphatic hydroxyl groups is 6. The van der Waals surface area contributed by atoms with Crippen molar-refractivity contribution >= 4 is 57.8 Å². The summed E-state index contributed by atoms with van der Waals surface area (Å²) in [5, 5.41) is 91.2. The summed E-state index contributed by atoms with van der Waals surface area (Å²) >= 11 is 1.82. The molecule has 0 aromatic rings. The van der Waals surface area contributed by atoms with Crippen LogP contribution in [0.1, 0.15) is 65.2 Å². The van der Waals surface area contributed by atoms with Crippen molar-refractivity contribution in [3.8, 4) is 0 Å². The average Bonchev–Trinajstić information content (AvgIpc) is 3.86. The van der Waals surface area contributed by atoms with E-state index < -0.39 is 133 Å². The van der Waals surface area contributed by atoms with E-state index in [0.29, 0.717) is 37.5 Å². The fraction of sp³-hybridized carbons (Fsp3) is 0.850. The number of amides is 6. The largest absolute Gasteiger partial charge is 0.479 e. The SMILES string of the molecule is CC(=O)N[C@H]1[C@H](O[C@H]2[C@H](O)[C@@H](O)[C@H](O[C@H]3[C@@H](O)[C@@H](COS(=O)(=O)O)O[C@@H](OCCNC(=O)CCCCCNC(=O)CCCC[C@@H]4SC[C@@H]5NC(=O)N[C@@H]54)[C@@H]3NC(C)=O)O[C@@H]2C(=O)O)O[C@H](CO)[C@H](O)[C@@H]1O. The molecule has 5 aliphatic heterocycles. The molecule has 29 nitrogen and oxygen atoms in total. The van der Waals surface area contributed by atoms with Crippen LogP contribution < -0.4 is 31.9 Å². The molecular formula is C40H66N6O23S2. The molecule has 0 bridgehead atoms. The first-order valence-corrected chi connectivity index (χ1v) is 25.5. The first kappa shape index (κ1) is 58.3. The van der Waals surface area contributed by atoms with E-state index in [1.54, 1.807) is 0 Å². The minimum Gasteiger partial charge on any atom is -0.479 e. The molecule has 0 spiro atoms. The monoisotopic (exact) mass is 1060 g/mol. The molecule has 5 rings (SSSR count). The van der Waals surface area contributed by atoms with Gasteiger partial charge in [0.15, 0.2) is 25.0 Å². The number of unbranched alkanes of at least 4 members (excludes halogenated alkanes) is 3. The second-order valence-corrected chi connectivity index (χ2v) is 20.0. The van der Waals surface area contributed by atoms with E-state index >= 15 is 0 Å². The number of aliphatic hydroxyl groups excluding tert-OH is 6. The number of carboxylic acid groups (broad SMARTS) is 1. The van der Waals surface area contributed by atoms with E-state index in [2.05, 4.69) is 36.1 Å². The van der Waals surface area contributed by atoms with Crippen LogP contribution in [-0.4, -0.2) is 232 Å². The maximum absolute atomic E-state index is 12.6. The predicted molar refractivity (Wildman–Crippen MR) is 238 cm³/mol. The summed E-state index contributed by atoms with van der Waals surface area (Å²) in [6.07, 6.45) is -20.8. The maximum atomic E-state index is 12.6. The molecule has 0 unspecified atom stereocenters. The number of carbonyl (C=O) groups is 6. The third-order valence-electron chi connectivity index (χ3n) is 12.2. The number of ether oxygens (including phenoxy) is 6.